The lowest BCUT2D eigenvalue weighted by Crippen LogP contribution is -2.37. The molecule has 1 saturated heterocycles. The maximum Gasteiger partial charge on any atom is 0.166 e. The van der Waals surface area contributed by atoms with Crippen molar-refractivity contribution in [3.63, 3.8) is 0 Å². The number of benzene rings is 2. The van der Waals surface area contributed by atoms with Gasteiger partial charge in [-0.3, -0.25) is 9.69 Å². The number of nitrogens with zero attached hydrogens (tertiary/aromatic N) is 1. The summed E-state index contributed by atoms with van der Waals surface area (Å²) in [4.78, 5) is 16.4. The Morgan fingerprint density at radius 1 is 0.929 bits per heavy atom. The van der Waals surface area contributed by atoms with Crippen LogP contribution in [0, 0.1) is 0 Å². The van der Waals surface area contributed by atoms with Gasteiger partial charge in [0, 0.05) is 25.3 Å². The molecule has 2 aromatic carbocycles. The highest BCUT2D eigenvalue weighted by Gasteiger charge is 2.24. The summed E-state index contributed by atoms with van der Waals surface area (Å²) < 4.78 is 6.60. The number of ether oxygens (including phenoxy) is 1. The van der Waals surface area contributed by atoms with Crippen LogP contribution >= 0.6 is 0 Å². The van der Waals surface area contributed by atoms with Crippen LogP contribution in [0.2, 0.25) is 0 Å². The van der Waals surface area contributed by atoms with E-state index in [2.05, 4.69) is 58.4 Å². The second kappa shape index (κ2) is 9.00. The molecule has 1 fully saturated rings. The summed E-state index contributed by atoms with van der Waals surface area (Å²) in [5, 5.41) is 0. The van der Waals surface area contributed by atoms with Gasteiger partial charge in [0.05, 0.1) is 11.8 Å². The number of carbonyl (C=O) groups is 1. The van der Waals surface area contributed by atoms with Crippen molar-refractivity contribution >= 4 is 6.29 Å². The quantitative estimate of drug-likeness (QED) is 0.615. The third-order valence-electron chi connectivity index (χ3n) is 5.36. The first-order valence-electron chi connectivity index (χ1n) is 9.92. The molecule has 1 aliphatic heterocycles. The molecule has 0 atom stereocenters. The fraction of sp³-hybridized carbons (Fsp3) is 0.292. The molecule has 28 heavy (non-hydrogen) atoms. The van der Waals surface area contributed by atoms with Gasteiger partial charge in [-0.1, -0.05) is 60.7 Å². The minimum Gasteiger partial charge on any atom is -0.365 e. The molecule has 1 aromatic heterocycles. The highest BCUT2D eigenvalue weighted by molar-refractivity contribution is 5.71. The number of aromatic nitrogens is 1. The zero-order valence-electron chi connectivity index (χ0n) is 16.0. The largest absolute Gasteiger partial charge is 0.365 e. The summed E-state index contributed by atoms with van der Waals surface area (Å²) in [7, 11) is 0. The zero-order valence-corrected chi connectivity index (χ0v) is 16.0. The fourth-order valence-electron chi connectivity index (χ4n) is 3.86. The first-order valence-corrected chi connectivity index (χ1v) is 9.92. The summed E-state index contributed by atoms with van der Waals surface area (Å²) in [5.41, 5.74) is 4.13. The van der Waals surface area contributed by atoms with Gasteiger partial charge in [-0.25, -0.2) is 0 Å². The van der Waals surface area contributed by atoms with E-state index in [-0.39, 0.29) is 12.2 Å². The molecule has 0 spiro atoms. The number of nitrogens with one attached hydrogen (secondary N) is 1. The van der Waals surface area contributed by atoms with Gasteiger partial charge in [0.25, 0.3) is 0 Å². The molecule has 0 saturated carbocycles. The molecule has 144 valence electrons. The number of carbonyl (C=O) groups excluding carboxylic acids is 1. The summed E-state index contributed by atoms with van der Waals surface area (Å²) in [6, 6.07) is 24.8. The van der Waals surface area contributed by atoms with Crippen LogP contribution in [0.25, 0.3) is 0 Å². The smallest absolute Gasteiger partial charge is 0.166 e. The van der Waals surface area contributed by atoms with Crippen LogP contribution in [0.1, 0.15) is 46.3 Å². The predicted molar refractivity (Wildman–Crippen MR) is 110 cm³/mol. The van der Waals surface area contributed by atoms with Gasteiger partial charge in [-0.05, 0) is 36.1 Å². The molecule has 4 nitrogen and oxygen atoms in total. The SMILES string of the molecule is O=Cc1ccc(CN2CCC(OC(c3ccccc3)c3ccccc3)CC2)[nH]1. The van der Waals surface area contributed by atoms with Gasteiger partial charge in [0.2, 0.25) is 0 Å². The Morgan fingerprint density at radius 3 is 2.07 bits per heavy atom. The van der Waals surface area contributed by atoms with E-state index in [1.165, 1.54) is 11.1 Å². The van der Waals surface area contributed by atoms with Gasteiger partial charge < -0.3 is 9.72 Å². The molecular weight excluding hydrogens is 348 g/mol. The normalized spacial score (nSPS) is 15.8. The summed E-state index contributed by atoms with van der Waals surface area (Å²) in [6.45, 7) is 2.84. The zero-order chi connectivity index (χ0) is 19.2. The highest BCUT2D eigenvalue weighted by Crippen LogP contribution is 2.30. The second-order valence-electron chi connectivity index (χ2n) is 7.37. The standard InChI is InChI=1S/C24H26N2O2/c27-18-22-12-11-21(25-22)17-26-15-13-23(14-16-26)28-24(19-7-3-1-4-8-19)20-9-5-2-6-10-20/h1-12,18,23-25H,13-17H2. The molecule has 4 heteroatoms. The third-order valence-corrected chi connectivity index (χ3v) is 5.36. The summed E-state index contributed by atoms with van der Waals surface area (Å²) in [6.07, 6.45) is 3.10. The number of H-pyrrole nitrogens is 1. The van der Waals surface area contributed by atoms with E-state index >= 15 is 0 Å². The fourth-order valence-corrected chi connectivity index (χ4v) is 3.86. The van der Waals surface area contributed by atoms with Crippen molar-refractivity contribution in [3.05, 3.63) is 95.3 Å². The van der Waals surface area contributed by atoms with Crippen molar-refractivity contribution in [2.45, 2.75) is 31.6 Å². The van der Waals surface area contributed by atoms with Crippen LogP contribution in [0.3, 0.4) is 0 Å². The van der Waals surface area contributed by atoms with Gasteiger partial charge in [-0.15, -0.1) is 0 Å². The molecule has 4 rings (SSSR count). The van der Waals surface area contributed by atoms with E-state index in [9.17, 15) is 4.79 Å². The van der Waals surface area contributed by atoms with E-state index in [4.69, 9.17) is 4.74 Å². The Kier molecular flexibility index (Phi) is 6.00. The monoisotopic (exact) mass is 374 g/mol. The number of hydrogen-bond donors (Lipinski definition) is 1. The van der Waals surface area contributed by atoms with Crippen LogP contribution < -0.4 is 0 Å². The molecule has 0 aliphatic carbocycles. The lowest BCUT2D eigenvalue weighted by molar-refractivity contribution is -0.0282. The van der Waals surface area contributed by atoms with E-state index in [0.29, 0.717) is 5.69 Å². The maximum absolute atomic E-state index is 10.8. The molecule has 1 aliphatic rings. The first kappa shape index (κ1) is 18.7. The Balaban J connectivity index is 1.38. The molecular formula is C24H26N2O2. The molecule has 0 amide bonds. The van der Waals surface area contributed by atoms with Crippen molar-refractivity contribution in [2.75, 3.05) is 13.1 Å². The van der Waals surface area contributed by atoms with E-state index < -0.39 is 0 Å². The minimum atomic E-state index is -0.0301. The van der Waals surface area contributed by atoms with Gasteiger partial charge in [0.1, 0.15) is 6.10 Å². The second-order valence-corrected chi connectivity index (χ2v) is 7.37. The van der Waals surface area contributed by atoms with Crippen LogP contribution in [-0.2, 0) is 11.3 Å². The van der Waals surface area contributed by atoms with Crippen LogP contribution in [0.4, 0.5) is 0 Å². The number of piperidine rings is 1. The van der Waals surface area contributed by atoms with Crippen LogP contribution in [0.5, 0.6) is 0 Å². The average Bonchev–Trinajstić information content (AvgIpc) is 3.22. The van der Waals surface area contributed by atoms with Crippen LogP contribution in [0.15, 0.2) is 72.8 Å². The van der Waals surface area contributed by atoms with Crippen LogP contribution in [-0.4, -0.2) is 35.4 Å². The first-order chi connectivity index (χ1) is 13.8. The van der Waals surface area contributed by atoms with Gasteiger partial charge in [0.15, 0.2) is 6.29 Å². The number of rotatable bonds is 7. The average molecular weight is 374 g/mol. The summed E-state index contributed by atoms with van der Waals surface area (Å²) in [5.74, 6) is 0. The van der Waals surface area contributed by atoms with Gasteiger partial charge in [-0.2, -0.15) is 0 Å². The van der Waals surface area contributed by atoms with Crippen molar-refractivity contribution < 1.29 is 9.53 Å². The number of aldehydes is 1. The lowest BCUT2D eigenvalue weighted by Gasteiger charge is -2.34. The molecule has 0 bridgehead atoms. The van der Waals surface area contributed by atoms with E-state index in [1.54, 1.807) is 0 Å². The van der Waals surface area contributed by atoms with Crippen molar-refractivity contribution in [1.29, 1.82) is 0 Å². The Labute approximate surface area is 166 Å². The molecule has 2 heterocycles. The lowest BCUT2D eigenvalue weighted by atomic mass is 10.00. The molecule has 3 aromatic rings. The van der Waals surface area contributed by atoms with Crippen molar-refractivity contribution in [1.82, 2.24) is 9.88 Å². The Hall–Kier alpha value is -2.69. The highest BCUT2D eigenvalue weighted by atomic mass is 16.5. The summed E-state index contributed by atoms with van der Waals surface area (Å²) >= 11 is 0. The molecule has 1 N–H and O–H groups in total. The van der Waals surface area contributed by atoms with E-state index in [1.807, 2.05) is 24.3 Å². The number of aromatic amines is 1. The van der Waals surface area contributed by atoms with E-state index in [0.717, 1.165) is 44.5 Å². The Morgan fingerprint density at radius 2 is 1.54 bits per heavy atom. The van der Waals surface area contributed by atoms with Crippen molar-refractivity contribution in [2.24, 2.45) is 0 Å². The third kappa shape index (κ3) is 4.58. The molecule has 0 unspecified atom stereocenters. The topological polar surface area (TPSA) is 45.3 Å². The van der Waals surface area contributed by atoms with Gasteiger partial charge >= 0.3 is 0 Å². The Bertz CT molecular complexity index is 828. The number of likely N-dealkylation sites (tertiary alicyclic amines) is 1. The predicted octanol–water partition coefficient (Wildman–Crippen LogP) is 4.60. The number of hydrogen-bond acceptors (Lipinski definition) is 3. The maximum atomic E-state index is 10.8. The van der Waals surface area contributed by atoms with Crippen molar-refractivity contribution in [3.8, 4) is 0 Å². The minimum absolute atomic E-state index is 0.0301. The molecule has 0 radical (unpaired) electrons.